The molecule has 0 spiro atoms. The molecule has 0 saturated carbocycles. The van der Waals surface area contributed by atoms with Gasteiger partial charge >= 0.3 is 6.09 Å². The third-order valence-electron chi connectivity index (χ3n) is 3.66. The van der Waals surface area contributed by atoms with Crippen LogP contribution in [0.2, 0.25) is 0 Å². The quantitative estimate of drug-likeness (QED) is 0.909. The van der Waals surface area contributed by atoms with Crippen LogP contribution in [0.1, 0.15) is 51.1 Å². The maximum Gasteiger partial charge on any atom is 0.408 e. The van der Waals surface area contributed by atoms with Crippen molar-refractivity contribution in [2.45, 2.75) is 58.7 Å². The number of carbonyl (C=O) groups is 2. The molecule has 1 aromatic heterocycles. The fourth-order valence-electron chi connectivity index (χ4n) is 2.61. The van der Waals surface area contributed by atoms with Crippen molar-refractivity contribution >= 4 is 23.3 Å². The minimum absolute atomic E-state index is 0.0467. The highest BCUT2D eigenvalue weighted by Gasteiger charge is 2.32. The topological polar surface area (TPSA) is 58.6 Å². The van der Waals surface area contributed by atoms with Crippen LogP contribution in [-0.4, -0.2) is 35.1 Å². The molecule has 2 atom stereocenters. The van der Waals surface area contributed by atoms with Gasteiger partial charge < -0.3 is 15.0 Å². The summed E-state index contributed by atoms with van der Waals surface area (Å²) in [6.45, 7) is 9.80. The molecule has 0 fully saturated rings. The molecule has 1 aromatic rings. The van der Waals surface area contributed by atoms with Crippen LogP contribution in [0.3, 0.4) is 0 Å². The van der Waals surface area contributed by atoms with Crippen molar-refractivity contribution in [3.05, 3.63) is 21.9 Å². The minimum Gasteiger partial charge on any atom is -0.444 e. The summed E-state index contributed by atoms with van der Waals surface area (Å²) in [7, 11) is 0. The van der Waals surface area contributed by atoms with E-state index in [0.29, 0.717) is 6.54 Å². The van der Waals surface area contributed by atoms with E-state index in [1.165, 1.54) is 10.4 Å². The summed E-state index contributed by atoms with van der Waals surface area (Å²) < 4.78 is 5.20. The van der Waals surface area contributed by atoms with Gasteiger partial charge in [-0.2, -0.15) is 0 Å². The second-order valence-electron chi connectivity index (χ2n) is 6.62. The zero-order valence-corrected chi connectivity index (χ0v) is 14.6. The third-order valence-corrected chi connectivity index (χ3v) is 4.66. The van der Waals surface area contributed by atoms with Gasteiger partial charge in [-0.3, -0.25) is 4.79 Å². The Morgan fingerprint density at radius 1 is 1.45 bits per heavy atom. The predicted octanol–water partition coefficient (Wildman–Crippen LogP) is 3.11. The van der Waals surface area contributed by atoms with E-state index in [0.717, 1.165) is 6.42 Å². The molecule has 22 heavy (non-hydrogen) atoms. The van der Waals surface area contributed by atoms with Crippen molar-refractivity contribution in [2.24, 2.45) is 0 Å². The number of nitrogens with zero attached hydrogens (tertiary/aromatic N) is 1. The first-order valence-electron chi connectivity index (χ1n) is 7.55. The van der Waals surface area contributed by atoms with Crippen molar-refractivity contribution in [1.82, 2.24) is 10.2 Å². The molecule has 2 heterocycles. The van der Waals surface area contributed by atoms with Gasteiger partial charge in [-0.05, 0) is 58.0 Å². The van der Waals surface area contributed by atoms with Crippen LogP contribution in [0.5, 0.6) is 0 Å². The fourth-order valence-corrected chi connectivity index (χ4v) is 3.57. The molecular weight excluding hydrogens is 300 g/mol. The lowest BCUT2D eigenvalue weighted by Gasteiger charge is -2.35. The summed E-state index contributed by atoms with van der Waals surface area (Å²) in [6, 6.07) is 1.53. The monoisotopic (exact) mass is 324 g/mol. The Hall–Kier alpha value is -1.56. The summed E-state index contributed by atoms with van der Waals surface area (Å²) in [4.78, 5) is 27.6. The van der Waals surface area contributed by atoms with E-state index in [2.05, 4.69) is 16.8 Å². The van der Waals surface area contributed by atoms with Crippen LogP contribution >= 0.6 is 11.3 Å². The highest BCUT2D eigenvalue weighted by Crippen LogP contribution is 2.33. The zero-order chi connectivity index (χ0) is 16.5. The first-order chi connectivity index (χ1) is 10.2. The number of hydrogen-bond donors (Lipinski definition) is 1. The van der Waals surface area contributed by atoms with Gasteiger partial charge in [0.25, 0.3) is 0 Å². The van der Waals surface area contributed by atoms with Gasteiger partial charge in [0.1, 0.15) is 11.6 Å². The molecule has 2 rings (SSSR count). The molecule has 0 radical (unpaired) electrons. The van der Waals surface area contributed by atoms with E-state index >= 15 is 0 Å². The number of hydrogen-bond acceptors (Lipinski definition) is 4. The second-order valence-corrected chi connectivity index (χ2v) is 7.63. The van der Waals surface area contributed by atoms with Crippen LogP contribution in [0.15, 0.2) is 11.4 Å². The van der Waals surface area contributed by atoms with E-state index in [4.69, 9.17) is 4.74 Å². The minimum atomic E-state index is -0.600. The van der Waals surface area contributed by atoms with Gasteiger partial charge in [-0.15, -0.1) is 11.3 Å². The molecule has 5 nitrogen and oxygen atoms in total. The van der Waals surface area contributed by atoms with Gasteiger partial charge in [0.15, 0.2) is 0 Å². The number of amides is 2. The predicted molar refractivity (Wildman–Crippen MR) is 87.0 cm³/mol. The lowest BCUT2D eigenvalue weighted by molar-refractivity contribution is -0.135. The second kappa shape index (κ2) is 6.28. The van der Waals surface area contributed by atoms with Gasteiger partial charge in [0, 0.05) is 11.4 Å². The van der Waals surface area contributed by atoms with E-state index in [9.17, 15) is 9.59 Å². The normalized spacial score (nSPS) is 19.3. The van der Waals surface area contributed by atoms with E-state index < -0.39 is 17.7 Å². The molecule has 0 unspecified atom stereocenters. The summed E-state index contributed by atoms with van der Waals surface area (Å²) in [6.07, 6.45) is 0.316. The zero-order valence-electron chi connectivity index (χ0n) is 13.8. The molecular formula is C16H24N2O3S. The summed E-state index contributed by atoms with van der Waals surface area (Å²) in [5.41, 5.74) is 0.644. The molecule has 1 aliphatic rings. The standard InChI is InChI=1S/C16H24N2O3S/c1-10(17-15(20)21-16(3,4)5)14(19)18-8-6-13-12(11(18)2)7-9-22-13/h7,9-11H,6,8H2,1-5H3,(H,17,20)/t10-,11+/m1/s1. The highest BCUT2D eigenvalue weighted by atomic mass is 32.1. The molecule has 2 amide bonds. The van der Waals surface area contributed by atoms with Crippen molar-refractivity contribution in [2.75, 3.05) is 6.54 Å². The average Bonchev–Trinajstić information content (AvgIpc) is 2.85. The molecule has 0 aromatic carbocycles. The van der Waals surface area contributed by atoms with E-state index in [1.54, 1.807) is 39.0 Å². The van der Waals surface area contributed by atoms with Gasteiger partial charge in [0.05, 0.1) is 6.04 Å². The summed E-state index contributed by atoms with van der Waals surface area (Å²) in [5.74, 6) is -0.0739. The Morgan fingerprint density at radius 3 is 2.77 bits per heavy atom. The number of fused-ring (bicyclic) bond motifs is 1. The van der Waals surface area contributed by atoms with E-state index in [-0.39, 0.29) is 11.9 Å². The molecule has 6 heteroatoms. The number of rotatable bonds is 2. The van der Waals surface area contributed by atoms with Crippen LogP contribution in [-0.2, 0) is 16.0 Å². The first kappa shape index (κ1) is 16.8. The molecule has 0 bridgehead atoms. The van der Waals surface area contributed by atoms with Crippen LogP contribution in [0.4, 0.5) is 4.79 Å². The van der Waals surface area contributed by atoms with Crippen molar-refractivity contribution in [1.29, 1.82) is 0 Å². The van der Waals surface area contributed by atoms with E-state index in [1.807, 2.05) is 11.8 Å². The number of nitrogens with one attached hydrogen (secondary N) is 1. The van der Waals surface area contributed by atoms with Crippen LogP contribution in [0.25, 0.3) is 0 Å². The highest BCUT2D eigenvalue weighted by molar-refractivity contribution is 7.10. The lowest BCUT2D eigenvalue weighted by Crippen LogP contribution is -2.50. The number of alkyl carbamates (subject to hydrolysis) is 1. The molecule has 0 saturated heterocycles. The maximum atomic E-state index is 12.6. The number of thiophene rings is 1. The van der Waals surface area contributed by atoms with Gasteiger partial charge in [0.2, 0.25) is 5.91 Å². The molecule has 1 aliphatic heterocycles. The fraction of sp³-hybridized carbons (Fsp3) is 0.625. The van der Waals surface area contributed by atoms with Crippen LogP contribution in [0, 0.1) is 0 Å². The summed E-state index contributed by atoms with van der Waals surface area (Å²) >= 11 is 1.74. The molecule has 122 valence electrons. The third kappa shape index (κ3) is 3.80. The Morgan fingerprint density at radius 2 is 2.14 bits per heavy atom. The maximum absolute atomic E-state index is 12.6. The Labute approximate surface area is 135 Å². The Balaban J connectivity index is 1.98. The van der Waals surface area contributed by atoms with Crippen molar-refractivity contribution in [3.8, 4) is 0 Å². The SMILES string of the molecule is C[C@@H](NC(=O)OC(C)(C)C)C(=O)N1CCc2sccc2[C@@H]1C. The molecule has 1 N–H and O–H groups in total. The van der Waals surface area contributed by atoms with Crippen molar-refractivity contribution in [3.63, 3.8) is 0 Å². The number of ether oxygens (including phenoxy) is 1. The Bertz CT molecular complexity index is 562. The largest absolute Gasteiger partial charge is 0.444 e. The smallest absolute Gasteiger partial charge is 0.408 e. The summed E-state index contributed by atoms with van der Waals surface area (Å²) in [5, 5.41) is 4.69. The first-order valence-corrected chi connectivity index (χ1v) is 8.43. The lowest BCUT2D eigenvalue weighted by atomic mass is 10.0. The molecule has 0 aliphatic carbocycles. The van der Waals surface area contributed by atoms with Gasteiger partial charge in [-0.1, -0.05) is 0 Å². The van der Waals surface area contributed by atoms with Crippen molar-refractivity contribution < 1.29 is 14.3 Å². The van der Waals surface area contributed by atoms with Gasteiger partial charge in [-0.25, -0.2) is 4.79 Å². The average molecular weight is 324 g/mol. The Kier molecular flexibility index (Phi) is 4.80. The van der Waals surface area contributed by atoms with Crippen LogP contribution < -0.4 is 5.32 Å². The number of carbonyl (C=O) groups excluding carboxylic acids is 2.